The standard InChI is InChI=1S/C18H24ClN5O2/c1-18(2,3)26-17(25)24-12-6-7-13(24)10-11(9-12)20-15-14-5-4-8-23(14)22-16(19)21-15/h4-5,8,11-13H,6-7,9-10H2,1-3H3,(H,20,21,22)/t11-,12-,13+. The first-order valence-corrected chi connectivity index (χ1v) is 9.47. The van der Waals surface area contributed by atoms with Crippen LogP contribution in [0.25, 0.3) is 5.52 Å². The van der Waals surface area contributed by atoms with Crippen LogP contribution in [-0.4, -0.2) is 49.3 Å². The molecule has 4 rings (SSSR count). The topological polar surface area (TPSA) is 71.8 Å². The number of rotatable bonds is 2. The van der Waals surface area contributed by atoms with E-state index in [0.29, 0.717) is 0 Å². The second-order valence-corrected chi connectivity index (χ2v) is 8.49. The molecular weight excluding hydrogens is 354 g/mol. The van der Waals surface area contributed by atoms with Gasteiger partial charge in [0.2, 0.25) is 5.28 Å². The first-order valence-electron chi connectivity index (χ1n) is 9.09. The Bertz CT molecular complexity index is 817. The van der Waals surface area contributed by atoms with Gasteiger partial charge in [0.25, 0.3) is 0 Å². The highest BCUT2D eigenvalue weighted by molar-refractivity contribution is 6.28. The van der Waals surface area contributed by atoms with E-state index in [1.54, 1.807) is 4.52 Å². The van der Waals surface area contributed by atoms with Crippen molar-refractivity contribution in [2.45, 2.75) is 70.2 Å². The molecule has 0 saturated carbocycles. The van der Waals surface area contributed by atoms with Gasteiger partial charge in [0.15, 0.2) is 5.82 Å². The number of amides is 1. The minimum absolute atomic E-state index is 0.192. The van der Waals surface area contributed by atoms with Crippen molar-refractivity contribution >= 4 is 29.0 Å². The molecule has 7 nitrogen and oxygen atoms in total. The summed E-state index contributed by atoms with van der Waals surface area (Å²) in [6.45, 7) is 5.72. The van der Waals surface area contributed by atoms with E-state index in [9.17, 15) is 4.79 Å². The molecule has 2 bridgehead atoms. The smallest absolute Gasteiger partial charge is 0.410 e. The zero-order valence-corrected chi connectivity index (χ0v) is 16.0. The van der Waals surface area contributed by atoms with Gasteiger partial charge in [-0.1, -0.05) is 0 Å². The number of carbonyl (C=O) groups is 1. The molecule has 4 heterocycles. The lowest BCUT2D eigenvalue weighted by atomic mass is 9.97. The Hall–Kier alpha value is -2.02. The van der Waals surface area contributed by atoms with Crippen LogP contribution in [0.1, 0.15) is 46.5 Å². The van der Waals surface area contributed by atoms with Crippen LogP contribution < -0.4 is 5.32 Å². The van der Waals surface area contributed by atoms with Crippen molar-refractivity contribution in [1.29, 1.82) is 0 Å². The van der Waals surface area contributed by atoms with Crippen molar-refractivity contribution in [3.05, 3.63) is 23.6 Å². The summed E-state index contributed by atoms with van der Waals surface area (Å²) in [5.74, 6) is 0.741. The molecule has 140 valence electrons. The Morgan fingerprint density at radius 2 is 2.00 bits per heavy atom. The second-order valence-electron chi connectivity index (χ2n) is 8.15. The van der Waals surface area contributed by atoms with Gasteiger partial charge in [-0.25, -0.2) is 9.31 Å². The van der Waals surface area contributed by atoms with Crippen molar-refractivity contribution in [3.8, 4) is 0 Å². The molecule has 26 heavy (non-hydrogen) atoms. The molecular formula is C18H24ClN5O2. The van der Waals surface area contributed by atoms with Crippen molar-refractivity contribution < 1.29 is 9.53 Å². The van der Waals surface area contributed by atoms with E-state index in [2.05, 4.69) is 15.4 Å². The molecule has 0 aliphatic carbocycles. The monoisotopic (exact) mass is 377 g/mol. The molecule has 2 aliphatic heterocycles. The van der Waals surface area contributed by atoms with Crippen LogP contribution in [0, 0.1) is 0 Å². The number of hydrogen-bond acceptors (Lipinski definition) is 5. The fraction of sp³-hybridized carbons (Fsp3) is 0.611. The number of aromatic nitrogens is 3. The number of nitrogens with one attached hydrogen (secondary N) is 1. The van der Waals surface area contributed by atoms with E-state index < -0.39 is 5.60 Å². The minimum Gasteiger partial charge on any atom is -0.444 e. The predicted octanol–water partition coefficient (Wildman–Crippen LogP) is 3.73. The number of anilines is 1. The fourth-order valence-corrected chi connectivity index (χ4v) is 4.28. The van der Waals surface area contributed by atoms with E-state index >= 15 is 0 Å². The van der Waals surface area contributed by atoms with Crippen LogP contribution in [-0.2, 0) is 4.74 Å². The third kappa shape index (κ3) is 3.32. The third-order valence-corrected chi connectivity index (χ3v) is 5.20. The fourth-order valence-electron chi connectivity index (χ4n) is 4.11. The van der Waals surface area contributed by atoms with E-state index in [0.717, 1.165) is 37.0 Å². The summed E-state index contributed by atoms with van der Waals surface area (Å²) in [5, 5.41) is 7.90. The molecule has 1 N–H and O–H groups in total. The Balaban J connectivity index is 1.49. The first kappa shape index (κ1) is 17.4. The summed E-state index contributed by atoms with van der Waals surface area (Å²) in [5.41, 5.74) is 0.431. The first-order chi connectivity index (χ1) is 12.3. The van der Waals surface area contributed by atoms with Crippen molar-refractivity contribution in [3.63, 3.8) is 0 Å². The molecule has 8 heteroatoms. The summed E-state index contributed by atoms with van der Waals surface area (Å²) in [4.78, 5) is 18.9. The molecule has 2 saturated heterocycles. The van der Waals surface area contributed by atoms with Gasteiger partial charge in [-0.2, -0.15) is 4.98 Å². The number of ether oxygens (including phenoxy) is 1. The number of piperidine rings is 1. The van der Waals surface area contributed by atoms with Crippen molar-refractivity contribution in [2.24, 2.45) is 0 Å². The highest BCUT2D eigenvalue weighted by Crippen LogP contribution is 2.38. The average Bonchev–Trinajstić information content (AvgIpc) is 3.08. The number of hydrogen-bond donors (Lipinski definition) is 1. The Morgan fingerprint density at radius 1 is 1.31 bits per heavy atom. The van der Waals surface area contributed by atoms with E-state index in [1.165, 1.54) is 0 Å². The van der Waals surface area contributed by atoms with Gasteiger partial charge in [0, 0.05) is 24.3 Å². The SMILES string of the molecule is CC(C)(C)OC(=O)N1[C@@H]2CC[C@H]1C[C@H](Nc1nc(Cl)nn3cccc13)C2. The minimum atomic E-state index is -0.468. The van der Waals surface area contributed by atoms with Crippen LogP contribution in [0.15, 0.2) is 18.3 Å². The second kappa shape index (κ2) is 6.30. The predicted molar refractivity (Wildman–Crippen MR) is 99.5 cm³/mol. The quantitative estimate of drug-likeness (QED) is 0.863. The van der Waals surface area contributed by atoms with Crippen LogP contribution in [0.5, 0.6) is 0 Å². The molecule has 0 spiro atoms. The zero-order valence-electron chi connectivity index (χ0n) is 15.3. The van der Waals surface area contributed by atoms with E-state index in [1.807, 2.05) is 44.0 Å². The molecule has 2 fully saturated rings. The van der Waals surface area contributed by atoms with Gasteiger partial charge >= 0.3 is 6.09 Å². The molecule has 2 aromatic rings. The summed E-state index contributed by atoms with van der Waals surface area (Å²) >= 11 is 6.04. The van der Waals surface area contributed by atoms with Crippen molar-refractivity contribution in [1.82, 2.24) is 19.5 Å². The molecule has 3 atom stereocenters. The number of halogens is 1. The van der Waals surface area contributed by atoms with Crippen molar-refractivity contribution in [2.75, 3.05) is 5.32 Å². The lowest BCUT2D eigenvalue weighted by Gasteiger charge is -2.39. The molecule has 1 amide bonds. The Labute approximate surface area is 157 Å². The Morgan fingerprint density at radius 3 is 2.65 bits per heavy atom. The summed E-state index contributed by atoms with van der Waals surface area (Å²) < 4.78 is 7.32. The normalized spacial score (nSPS) is 25.5. The number of nitrogens with zero attached hydrogens (tertiary/aromatic N) is 4. The molecule has 0 radical (unpaired) electrons. The molecule has 0 unspecified atom stereocenters. The summed E-state index contributed by atoms with van der Waals surface area (Å²) in [6.07, 6.45) is 5.46. The highest BCUT2D eigenvalue weighted by atomic mass is 35.5. The lowest BCUT2D eigenvalue weighted by Crippen LogP contribution is -2.51. The van der Waals surface area contributed by atoms with Crippen LogP contribution in [0.2, 0.25) is 5.28 Å². The van der Waals surface area contributed by atoms with E-state index in [-0.39, 0.29) is 29.5 Å². The highest BCUT2D eigenvalue weighted by Gasteiger charge is 2.45. The van der Waals surface area contributed by atoms with Gasteiger partial charge in [-0.3, -0.25) is 0 Å². The van der Waals surface area contributed by atoms with Gasteiger partial charge < -0.3 is 15.0 Å². The average molecular weight is 378 g/mol. The maximum absolute atomic E-state index is 12.6. The van der Waals surface area contributed by atoms with Gasteiger partial charge in [-0.05, 0) is 70.2 Å². The van der Waals surface area contributed by atoms with Crippen LogP contribution >= 0.6 is 11.6 Å². The van der Waals surface area contributed by atoms with Gasteiger partial charge in [0.05, 0.1) is 0 Å². The largest absolute Gasteiger partial charge is 0.444 e. The summed E-state index contributed by atoms with van der Waals surface area (Å²) in [6, 6.07) is 4.54. The Kier molecular flexibility index (Phi) is 4.22. The maximum Gasteiger partial charge on any atom is 0.410 e. The van der Waals surface area contributed by atoms with Gasteiger partial charge in [0.1, 0.15) is 11.1 Å². The third-order valence-electron chi connectivity index (χ3n) is 5.04. The lowest BCUT2D eigenvalue weighted by molar-refractivity contribution is 0.00683. The van der Waals surface area contributed by atoms with Gasteiger partial charge in [-0.15, -0.1) is 5.10 Å². The summed E-state index contributed by atoms with van der Waals surface area (Å²) in [7, 11) is 0. The molecule has 2 aliphatic rings. The van der Waals surface area contributed by atoms with E-state index in [4.69, 9.17) is 16.3 Å². The molecule has 2 aromatic heterocycles. The van der Waals surface area contributed by atoms with Crippen LogP contribution in [0.4, 0.5) is 10.6 Å². The van der Waals surface area contributed by atoms with Crippen LogP contribution in [0.3, 0.4) is 0 Å². The zero-order chi connectivity index (χ0) is 18.5. The maximum atomic E-state index is 12.6. The number of fused-ring (bicyclic) bond motifs is 3. The number of carbonyl (C=O) groups excluding carboxylic acids is 1. The molecule has 0 aromatic carbocycles.